The lowest BCUT2D eigenvalue weighted by molar-refractivity contribution is -0.139. The minimum Gasteiger partial charge on any atom is -0.370 e. The molecule has 25 heavy (non-hydrogen) atoms. The Morgan fingerprint density at radius 3 is 2.52 bits per heavy atom. The maximum Gasteiger partial charge on any atom is 0.223 e. The van der Waals surface area contributed by atoms with Crippen molar-refractivity contribution in [2.24, 2.45) is 0 Å². The first-order valence-electron chi connectivity index (χ1n) is 8.68. The maximum absolute atomic E-state index is 12.5. The molecule has 0 radical (unpaired) electrons. The van der Waals surface area contributed by atoms with Crippen LogP contribution in [0, 0.1) is 6.92 Å². The summed E-state index contributed by atoms with van der Waals surface area (Å²) in [5.74, 6) is 0.0467. The highest BCUT2D eigenvalue weighted by molar-refractivity contribution is 5.99. The zero-order valence-electron chi connectivity index (χ0n) is 14.5. The summed E-state index contributed by atoms with van der Waals surface area (Å²) in [6.45, 7) is 3.57. The third-order valence-electron chi connectivity index (χ3n) is 4.60. The first-order valence-corrected chi connectivity index (χ1v) is 8.68. The van der Waals surface area contributed by atoms with Crippen LogP contribution in [-0.2, 0) is 9.53 Å². The summed E-state index contributed by atoms with van der Waals surface area (Å²) in [6, 6.07) is 17.4. The number of Topliss-reactive ketones (excluding diaryl/α,β-unsaturated/α-hetero) is 1. The molecule has 1 unspecified atom stereocenters. The van der Waals surface area contributed by atoms with E-state index in [4.69, 9.17) is 4.74 Å². The molecule has 4 heteroatoms. The Morgan fingerprint density at radius 2 is 1.76 bits per heavy atom. The zero-order chi connectivity index (χ0) is 17.6. The molecule has 2 aromatic carbocycles. The van der Waals surface area contributed by atoms with E-state index >= 15 is 0 Å². The van der Waals surface area contributed by atoms with Crippen molar-refractivity contribution in [3.63, 3.8) is 0 Å². The summed E-state index contributed by atoms with van der Waals surface area (Å²) in [5.41, 5.74) is 2.74. The number of carbonyl (C=O) groups excluding carboxylic acids is 2. The van der Waals surface area contributed by atoms with Crippen molar-refractivity contribution in [1.29, 1.82) is 0 Å². The third-order valence-corrected chi connectivity index (χ3v) is 4.60. The maximum atomic E-state index is 12.5. The van der Waals surface area contributed by atoms with Crippen LogP contribution in [-0.4, -0.2) is 36.3 Å². The molecule has 0 bridgehead atoms. The molecule has 1 aliphatic rings. The Morgan fingerprint density at radius 1 is 1.04 bits per heavy atom. The van der Waals surface area contributed by atoms with Crippen LogP contribution >= 0.6 is 0 Å². The Labute approximate surface area is 148 Å². The Kier molecular flexibility index (Phi) is 5.61. The average molecular weight is 337 g/mol. The van der Waals surface area contributed by atoms with Gasteiger partial charge in [-0.3, -0.25) is 9.59 Å². The minimum absolute atomic E-state index is 0.0196. The van der Waals surface area contributed by atoms with Gasteiger partial charge in [0.15, 0.2) is 5.78 Å². The van der Waals surface area contributed by atoms with Gasteiger partial charge in [-0.1, -0.05) is 54.6 Å². The highest BCUT2D eigenvalue weighted by Gasteiger charge is 2.25. The molecule has 1 amide bonds. The topological polar surface area (TPSA) is 46.6 Å². The summed E-state index contributed by atoms with van der Waals surface area (Å²) in [4.78, 5) is 26.7. The van der Waals surface area contributed by atoms with Gasteiger partial charge in [0.2, 0.25) is 5.91 Å². The van der Waals surface area contributed by atoms with Gasteiger partial charge in [0.1, 0.15) is 6.10 Å². The van der Waals surface area contributed by atoms with Gasteiger partial charge in [-0.05, 0) is 18.1 Å². The average Bonchev–Trinajstić information content (AvgIpc) is 2.67. The number of carbonyl (C=O) groups is 2. The third kappa shape index (κ3) is 4.34. The van der Waals surface area contributed by atoms with Gasteiger partial charge in [0.25, 0.3) is 0 Å². The lowest BCUT2D eigenvalue weighted by Crippen LogP contribution is -2.42. The van der Waals surface area contributed by atoms with Gasteiger partial charge < -0.3 is 9.64 Å². The quantitative estimate of drug-likeness (QED) is 0.784. The van der Waals surface area contributed by atoms with Crippen molar-refractivity contribution in [2.75, 3.05) is 19.7 Å². The van der Waals surface area contributed by atoms with Crippen molar-refractivity contribution in [2.45, 2.75) is 25.9 Å². The van der Waals surface area contributed by atoms with Crippen LogP contribution in [0.2, 0.25) is 0 Å². The van der Waals surface area contributed by atoms with Crippen LogP contribution in [0.3, 0.4) is 0 Å². The second kappa shape index (κ2) is 8.08. The standard InChI is InChI=1S/C21H23NO3/c1-16-7-5-6-10-18(16)19(23)11-12-21(24)22-13-14-25-20(15-22)17-8-3-2-4-9-17/h2-10,20H,11-15H2,1H3. The highest BCUT2D eigenvalue weighted by Crippen LogP contribution is 2.22. The van der Waals surface area contributed by atoms with Crippen molar-refractivity contribution in [3.05, 3.63) is 71.3 Å². The van der Waals surface area contributed by atoms with Crippen LogP contribution in [0.1, 0.15) is 40.4 Å². The van der Waals surface area contributed by atoms with Crippen molar-refractivity contribution in [3.8, 4) is 0 Å². The fraction of sp³-hybridized carbons (Fsp3) is 0.333. The predicted octanol–water partition coefficient (Wildman–Crippen LogP) is 3.56. The first-order chi connectivity index (χ1) is 12.1. The second-order valence-corrected chi connectivity index (χ2v) is 6.35. The molecule has 1 aliphatic heterocycles. The molecule has 130 valence electrons. The van der Waals surface area contributed by atoms with Crippen molar-refractivity contribution in [1.82, 2.24) is 4.90 Å². The molecule has 3 rings (SSSR count). The van der Waals surface area contributed by atoms with Crippen LogP contribution in [0.15, 0.2) is 54.6 Å². The Bertz CT molecular complexity index is 742. The number of hydrogen-bond acceptors (Lipinski definition) is 3. The molecule has 1 heterocycles. The number of rotatable bonds is 5. The fourth-order valence-corrected chi connectivity index (χ4v) is 3.14. The number of hydrogen-bond donors (Lipinski definition) is 0. The number of ether oxygens (including phenoxy) is 1. The molecule has 1 saturated heterocycles. The van der Waals surface area contributed by atoms with Gasteiger partial charge in [-0.2, -0.15) is 0 Å². The molecule has 0 N–H and O–H groups in total. The molecule has 1 atom stereocenters. The van der Waals surface area contributed by atoms with Crippen LogP contribution in [0.25, 0.3) is 0 Å². The number of benzene rings is 2. The molecule has 0 aromatic heterocycles. The fourth-order valence-electron chi connectivity index (χ4n) is 3.14. The van der Waals surface area contributed by atoms with Crippen molar-refractivity contribution < 1.29 is 14.3 Å². The van der Waals surface area contributed by atoms with Gasteiger partial charge >= 0.3 is 0 Å². The number of amides is 1. The van der Waals surface area contributed by atoms with E-state index in [2.05, 4.69) is 0 Å². The minimum atomic E-state index is -0.0917. The van der Waals surface area contributed by atoms with Crippen LogP contribution in [0.4, 0.5) is 0 Å². The van der Waals surface area contributed by atoms with E-state index in [1.807, 2.05) is 66.4 Å². The van der Waals surface area contributed by atoms with E-state index in [0.717, 1.165) is 11.1 Å². The monoisotopic (exact) mass is 337 g/mol. The molecule has 0 saturated carbocycles. The number of morpholine rings is 1. The zero-order valence-corrected chi connectivity index (χ0v) is 14.5. The molecule has 1 fully saturated rings. The number of nitrogens with zero attached hydrogens (tertiary/aromatic N) is 1. The SMILES string of the molecule is Cc1ccccc1C(=O)CCC(=O)N1CCOC(c2ccccc2)C1. The van der Waals surface area contributed by atoms with Gasteiger partial charge in [0.05, 0.1) is 13.2 Å². The van der Waals surface area contributed by atoms with E-state index in [9.17, 15) is 9.59 Å². The van der Waals surface area contributed by atoms with E-state index in [1.54, 1.807) is 0 Å². The summed E-state index contributed by atoms with van der Waals surface area (Å²) in [6.07, 6.45) is 0.400. The molecular weight excluding hydrogens is 314 g/mol. The molecule has 0 spiro atoms. The molecule has 4 nitrogen and oxygen atoms in total. The summed E-state index contributed by atoms with van der Waals surface area (Å²) in [5, 5.41) is 0. The molecule has 0 aliphatic carbocycles. The number of ketones is 1. The lowest BCUT2D eigenvalue weighted by Gasteiger charge is -2.33. The number of aryl methyl sites for hydroxylation is 1. The van der Waals surface area contributed by atoms with E-state index in [-0.39, 0.29) is 30.6 Å². The molecule has 2 aromatic rings. The smallest absolute Gasteiger partial charge is 0.223 e. The normalized spacial score (nSPS) is 17.3. The lowest BCUT2D eigenvalue weighted by atomic mass is 10.0. The van der Waals surface area contributed by atoms with E-state index in [0.29, 0.717) is 25.3 Å². The predicted molar refractivity (Wildman–Crippen MR) is 96.5 cm³/mol. The van der Waals surface area contributed by atoms with Gasteiger partial charge in [-0.15, -0.1) is 0 Å². The van der Waals surface area contributed by atoms with Gasteiger partial charge in [-0.25, -0.2) is 0 Å². The summed E-state index contributed by atoms with van der Waals surface area (Å²) >= 11 is 0. The Balaban J connectivity index is 1.56. The van der Waals surface area contributed by atoms with E-state index < -0.39 is 0 Å². The van der Waals surface area contributed by atoms with Crippen LogP contribution in [0.5, 0.6) is 0 Å². The first kappa shape index (κ1) is 17.4. The second-order valence-electron chi connectivity index (χ2n) is 6.35. The van der Waals surface area contributed by atoms with Gasteiger partial charge in [0, 0.05) is 24.9 Å². The molecular formula is C21H23NO3. The summed E-state index contributed by atoms with van der Waals surface area (Å²) < 4.78 is 5.79. The van der Waals surface area contributed by atoms with Crippen molar-refractivity contribution >= 4 is 11.7 Å². The van der Waals surface area contributed by atoms with Crippen LogP contribution < -0.4 is 0 Å². The largest absolute Gasteiger partial charge is 0.370 e. The summed E-state index contributed by atoms with van der Waals surface area (Å²) in [7, 11) is 0. The highest BCUT2D eigenvalue weighted by atomic mass is 16.5. The van der Waals surface area contributed by atoms with E-state index in [1.165, 1.54) is 0 Å². The Hall–Kier alpha value is -2.46.